The summed E-state index contributed by atoms with van der Waals surface area (Å²) in [6, 6.07) is 0. The first-order valence-corrected chi connectivity index (χ1v) is 7.98. The van der Waals surface area contributed by atoms with Crippen LogP contribution in [0.4, 0.5) is 0 Å². The molecule has 1 heterocycles. The first-order valence-electron chi connectivity index (χ1n) is 7.98. The predicted molar refractivity (Wildman–Crippen MR) is 76.9 cm³/mol. The minimum Gasteiger partial charge on any atom is -0.370 e. The van der Waals surface area contributed by atoms with Crippen molar-refractivity contribution in [1.29, 1.82) is 0 Å². The van der Waals surface area contributed by atoms with Crippen LogP contribution >= 0.6 is 0 Å². The maximum atomic E-state index is 6.40. The van der Waals surface area contributed by atoms with Crippen molar-refractivity contribution in [2.45, 2.75) is 95.8 Å². The van der Waals surface area contributed by atoms with Gasteiger partial charge in [-0.15, -0.1) is 0 Å². The molecule has 106 valence electrons. The lowest BCUT2D eigenvalue weighted by atomic mass is 9.83. The van der Waals surface area contributed by atoms with Crippen molar-refractivity contribution in [3.05, 3.63) is 0 Å². The molecule has 1 saturated carbocycles. The Labute approximate surface area is 113 Å². The van der Waals surface area contributed by atoms with Crippen LogP contribution < -0.4 is 5.32 Å². The van der Waals surface area contributed by atoms with Crippen LogP contribution in [0.2, 0.25) is 0 Å². The molecular formula is C16H31NO. The molecule has 1 N–H and O–H groups in total. The van der Waals surface area contributed by atoms with Crippen LogP contribution in [-0.2, 0) is 4.74 Å². The predicted octanol–water partition coefficient (Wildman–Crippen LogP) is 4.04. The Kier molecular flexibility index (Phi) is 4.71. The SMILES string of the molecule is CCCC(C)(C)NCC1CCC2(CCCCC2)O1. The average molecular weight is 253 g/mol. The monoisotopic (exact) mass is 253 g/mol. The molecule has 1 atom stereocenters. The summed E-state index contributed by atoms with van der Waals surface area (Å²) >= 11 is 0. The van der Waals surface area contributed by atoms with Gasteiger partial charge in [0.05, 0.1) is 11.7 Å². The molecule has 2 fully saturated rings. The Balaban J connectivity index is 1.75. The second kappa shape index (κ2) is 5.92. The average Bonchev–Trinajstić information content (AvgIpc) is 2.71. The summed E-state index contributed by atoms with van der Waals surface area (Å²) in [5.41, 5.74) is 0.542. The van der Waals surface area contributed by atoms with Gasteiger partial charge in [-0.1, -0.05) is 32.6 Å². The molecule has 0 aromatic rings. The van der Waals surface area contributed by atoms with Gasteiger partial charge in [-0.3, -0.25) is 0 Å². The summed E-state index contributed by atoms with van der Waals surface area (Å²) in [6.07, 6.45) is 12.3. The number of ether oxygens (including phenoxy) is 1. The van der Waals surface area contributed by atoms with Crippen molar-refractivity contribution < 1.29 is 4.74 Å². The fourth-order valence-corrected chi connectivity index (χ4v) is 3.71. The van der Waals surface area contributed by atoms with Gasteiger partial charge in [0.2, 0.25) is 0 Å². The molecule has 1 spiro atoms. The fourth-order valence-electron chi connectivity index (χ4n) is 3.71. The number of hydrogen-bond donors (Lipinski definition) is 1. The molecule has 1 unspecified atom stereocenters. The first kappa shape index (κ1) is 14.3. The molecule has 18 heavy (non-hydrogen) atoms. The highest BCUT2D eigenvalue weighted by Crippen LogP contribution is 2.41. The van der Waals surface area contributed by atoms with E-state index < -0.39 is 0 Å². The van der Waals surface area contributed by atoms with Crippen LogP contribution in [0.1, 0.15) is 78.6 Å². The smallest absolute Gasteiger partial charge is 0.0708 e. The van der Waals surface area contributed by atoms with E-state index >= 15 is 0 Å². The highest BCUT2D eigenvalue weighted by atomic mass is 16.5. The lowest BCUT2D eigenvalue weighted by Gasteiger charge is -2.34. The lowest BCUT2D eigenvalue weighted by Crippen LogP contribution is -2.44. The second-order valence-corrected chi connectivity index (χ2v) is 7.04. The summed E-state index contributed by atoms with van der Waals surface area (Å²) < 4.78 is 6.40. The standard InChI is InChI=1S/C16H31NO/c1-4-9-15(2,3)17-13-14-8-12-16(18-14)10-6-5-7-11-16/h14,17H,4-13H2,1-3H3. The summed E-state index contributed by atoms with van der Waals surface area (Å²) in [5, 5.41) is 3.70. The molecule has 2 rings (SSSR count). The van der Waals surface area contributed by atoms with Gasteiger partial charge in [-0.05, 0) is 46.0 Å². The molecule has 0 bridgehead atoms. The largest absolute Gasteiger partial charge is 0.370 e. The molecule has 0 amide bonds. The maximum Gasteiger partial charge on any atom is 0.0708 e. The van der Waals surface area contributed by atoms with Crippen LogP contribution in [0.25, 0.3) is 0 Å². The van der Waals surface area contributed by atoms with Gasteiger partial charge in [0, 0.05) is 12.1 Å². The Morgan fingerprint density at radius 1 is 1.17 bits per heavy atom. The van der Waals surface area contributed by atoms with Gasteiger partial charge in [0.1, 0.15) is 0 Å². The number of hydrogen-bond acceptors (Lipinski definition) is 2. The number of nitrogens with one attached hydrogen (secondary N) is 1. The summed E-state index contributed by atoms with van der Waals surface area (Å²) in [7, 11) is 0. The molecule has 2 aliphatic rings. The molecule has 0 radical (unpaired) electrons. The lowest BCUT2D eigenvalue weighted by molar-refractivity contribution is -0.0639. The molecular weight excluding hydrogens is 222 g/mol. The third-order valence-electron chi connectivity index (χ3n) is 4.79. The summed E-state index contributed by atoms with van der Waals surface area (Å²) in [4.78, 5) is 0. The van der Waals surface area contributed by atoms with Gasteiger partial charge < -0.3 is 10.1 Å². The highest BCUT2D eigenvalue weighted by molar-refractivity contribution is 4.92. The van der Waals surface area contributed by atoms with Gasteiger partial charge >= 0.3 is 0 Å². The Morgan fingerprint density at radius 3 is 2.56 bits per heavy atom. The van der Waals surface area contributed by atoms with Crippen molar-refractivity contribution in [2.24, 2.45) is 0 Å². The Bertz CT molecular complexity index is 256. The van der Waals surface area contributed by atoms with E-state index in [-0.39, 0.29) is 11.1 Å². The number of rotatable bonds is 5. The van der Waals surface area contributed by atoms with Crippen LogP contribution in [0.5, 0.6) is 0 Å². The van der Waals surface area contributed by atoms with Gasteiger partial charge in [-0.25, -0.2) is 0 Å². The van der Waals surface area contributed by atoms with Crippen molar-refractivity contribution in [3.8, 4) is 0 Å². The van der Waals surface area contributed by atoms with E-state index in [0.717, 1.165) is 6.54 Å². The molecule has 0 aromatic heterocycles. The minimum atomic E-state index is 0.264. The zero-order valence-electron chi connectivity index (χ0n) is 12.6. The van der Waals surface area contributed by atoms with Crippen molar-refractivity contribution in [1.82, 2.24) is 5.32 Å². The zero-order chi connectivity index (χ0) is 13.1. The zero-order valence-corrected chi connectivity index (χ0v) is 12.6. The van der Waals surface area contributed by atoms with Crippen LogP contribution in [-0.4, -0.2) is 23.8 Å². The van der Waals surface area contributed by atoms with Crippen molar-refractivity contribution in [2.75, 3.05) is 6.54 Å². The van der Waals surface area contributed by atoms with Gasteiger partial charge in [0.15, 0.2) is 0 Å². The molecule has 2 nitrogen and oxygen atoms in total. The minimum absolute atomic E-state index is 0.264. The second-order valence-electron chi connectivity index (χ2n) is 7.04. The third-order valence-corrected chi connectivity index (χ3v) is 4.79. The normalized spacial score (nSPS) is 27.8. The van der Waals surface area contributed by atoms with Gasteiger partial charge in [-0.2, -0.15) is 0 Å². The molecule has 1 saturated heterocycles. The fraction of sp³-hybridized carbons (Fsp3) is 1.00. The van der Waals surface area contributed by atoms with E-state index in [1.54, 1.807) is 0 Å². The quantitative estimate of drug-likeness (QED) is 0.798. The van der Waals surface area contributed by atoms with E-state index in [1.807, 2.05) is 0 Å². The van der Waals surface area contributed by atoms with Crippen LogP contribution in [0, 0.1) is 0 Å². The first-order chi connectivity index (χ1) is 8.55. The molecule has 1 aliphatic carbocycles. The van der Waals surface area contributed by atoms with Crippen LogP contribution in [0.3, 0.4) is 0 Å². The third kappa shape index (κ3) is 3.71. The van der Waals surface area contributed by atoms with Crippen LogP contribution in [0.15, 0.2) is 0 Å². The summed E-state index contributed by atoms with van der Waals surface area (Å²) in [6.45, 7) is 7.91. The molecule has 1 aliphatic heterocycles. The van der Waals surface area contributed by atoms with E-state index in [1.165, 1.54) is 57.8 Å². The van der Waals surface area contributed by atoms with Gasteiger partial charge in [0.25, 0.3) is 0 Å². The van der Waals surface area contributed by atoms with E-state index in [2.05, 4.69) is 26.1 Å². The van der Waals surface area contributed by atoms with E-state index in [9.17, 15) is 0 Å². The molecule has 2 heteroatoms. The van der Waals surface area contributed by atoms with E-state index in [4.69, 9.17) is 4.74 Å². The van der Waals surface area contributed by atoms with Crippen molar-refractivity contribution >= 4 is 0 Å². The Hall–Kier alpha value is -0.0800. The van der Waals surface area contributed by atoms with E-state index in [0.29, 0.717) is 6.10 Å². The topological polar surface area (TPSA) is 21.3 Å². The summed E-state index contributed by atoms with van der Waals surface area (Å²) in [5.74, 6) is 0. The molecule has 0 aromatic carbocycles. The Morgan fingerprint density at radius 2 is 1.89 bits per heavy atom. The maximum absolute atomic E-state index is 6.40. The highest BCUT2D eigenvalue weighted by Gasteiger charge is 2.40. The van der Waals surface area contributed by atoms with Crippen molar-refractivity contribution in [3.63, 3.8) is 0 Å².